The number of benzene rings is 2. The van der Waals surface area contributed by atoms with Crippen LogP contribution < -0.4 is 5.73 Å². The van der Waals surface area contributed by atoms with E-state index in [-0.39, 0.29) is 0 Å². The van der Waals surface area contributed by atoms with E-state index in [9.17, 15) is 0 Å². The molecule has 2 aromatic carbocycles. The monoisotopic (exact) mass is 267 g/mol. The van der Waals surface area contributed by atoms with Gasteiger partial charge in [0.2, 0.25) is 0 Å². The van der Waals surface area contributed by atoms with E-state index in [4.69, 9.17) is 5.73 Å². The molecule has 0 aromatic heterocycles. The number of rotatable bonds is 7. The van der Waals surface area contributed by atoms with E-state index in [1.54, 1.807) is 0 Å². The Morgan fingerprint density at radius 1 is 0.850 bits per heavy atom. The molecule has 0 saturated carbocycles. The molecule has 0 spiro atoms. The summed E-state index contributed by atoms with van der Waals surface area (Å²) in [4.78, 5) is 0. The van der Waals surface area contributed by atoms with Crippen LogP contribution in [0.1, 0.15) is 38.2 Å². The standard InChI is InChI=1S/C19H25N/c1-2-3-9-19(20)15-12-16-10-13-18(14-11-16)17-7-5-4-6-8-17/h4-8,10-11,13-14,19H,2-3,9,12,15,20H2,1H3. The van der Waals surface area contributed by atoms with Crippen LogP contribution in [0.15, 0.2) is 54.6 Å². The van der Waals surface area contributed by atoms with E-state index in [0.29, 0.717) is 6.04 Å². The molecule has 0 amide bonds. The van der Waals surface area contributed by atoms with E-state index < -0.39 is 0 Å². The van der Waals surface area contributed by atoms with E-state index in [1.807, 2.05) is 0 Å². The predicted octanol–water partition coefficient (Wildman–Crippen LogP) is 4.80. The molecular formula is C19H25N. The van der Waals surface area contributed by atoms with Gasteiger partial charge in [-0.15, -0.1) is 0 Å². The Bertz CT molecular complexity index is 487. The van der Waals surface area contributed by atoms with Crippen LogP contribution in [0.5, 0.6) is 0 Å². The summed E-state index contributed by atoms with van der Waals surface area (Å²) in [6, 6.07) is 19.7. The first-order chi connectivity index (χ1) is 9.79. The van der Waals surface area contributed by atoms with Crippen LogP contribution in [0.3, 0.4) is 0 Å². The summed E-state index contributed by atoms with van der Waals surface area (Å²) in [6.45, 7) is 2.22. The van der Waals surface area contributed by atoms with Gasteiger partial charge >= 0.3 is 0 Å². The second-order valence-electron chi connectivity index (χ2n) is 5.50. The maximum atomic E-state index is 6.13. The fourth-order valence-electron chi connectivity index (χ4n) is 2.46. The summed E-state index contributed by atoms with van der Waals surface area (Å²) < 4.78 is 0. The van der Waals surface area contributed by atoms with Crippen molar-refractivity contribution in [1.82, 2.24) is 0 Å². The van der Waals surface area contributed by atoms with Gasteiger partial charge in [0.15, 0.2) is 0 Å². The molecule has 0 aliphatic carbocycles. The van der Waals surface area contributed by atoms with Crippen molar-refractivity contribution in [1.29, 1.82) is 0 Å². The Morgan fingerprint density at radius 2 is 1.50 bits per heavy atom. The molecule has 0 saturated heterocycles. The van der Waals surface area contributed by atoms with E-state index in [0.717, 1.165) is 19.3 Å². The van der Waals surface area contributed by atoms with Crippen molar-refractivity contribution >= 4 is 0 Å². The predicted molar refractivity (Wildman–Crippen MR) is 87.7 cm³/mol. The van der Waals surface area contributed by atoms with Gasteiger partial charge in [-0.2, -0.15) is 0 Å². The molecule has 20 heavy (non-hydrogen) atoms. The Hall–Kier alpha value is -1.60. The van der Waals surface area contributed by atoms with Crippen LogP contribution in [0.4, 0.5) is 0 Å². The largest absolute Gasteiger partial charge is 0.328 e. The van der Waals surface area contributed by atoms with E-state index >= 15 is 0 Å². The summed E-state index contributed by atoms with van der Waals surface area (Å²) in [6.07, 6.45) is 5.80. The lowest BCUT2D eigenvalue weighted by atomic mass is 9.99. The van der Waals surface area contributed by atoms with Crippen LogP contribution >= 0.6 is 0 Å². The van der Waals surface area contributed by atoms with Gasteiger partial charge in [0.1, 0.15) is 0 Å². The van der Waals surface area contributed by atoms with Crippen LogP contribution in [0.25, 0.3) is 11.1 Å². The van der Waals surface area contributed by atoms with Gasteiger partial charge in [0.25, 0.3) is 0 Å². The molecule has 0 bridgehead atoms. The Labute approximate surface area is 122 Å². The number of nitrogens with two attached hydrogens (primary N) is 1. The minimum atomic E-state index is 0.351. The van der Waals surface area contributed by atoms with Crippen molar-refractivity contribution in [3.05, 3.63) is 60.2 Å². The molecule has 1 atom stereocenters. The topological polar surface area (TPSA) is 26.0 Å². The summed E-state index contributed by atoms with van der Waals surface area (Å²) in [7, 11) is 0. The molecule has 0 fully saturated rings. The zero-order valence-corrected chi connectivity index (χ0v) is 12.4. The normalized spacial score (nSPS) is 12.3. The van der Waals surface area contributed by atoms with E-state index in [1.165, 1.54) is 29.5 Å². The third kappa shape index (κ3) is 4.50. The maximum Gasteiger partial charge on any atom is 0.00419 e. The molecular weight excluding hydrogens is 242 g/mol. The first-order valence-electron chi connectivity index (χ1n) is 7.69. The zero-order chi connectivity index (χ0) is 14.2. The molecule has 0 heterocycles. The maximum absolute atomic E-state index is 6.13. The van der Waals surface area contributed by atoms with Gasteiger partial charge in [-0.25, -0.2) is 0 Å². The molecule has 0 aliphatic heterocycles. The highest BCUT2D eigenvalue weighted by molar-refractivity contribution is 5.63. The highest BCUT2D eigenvalue weighted by atomic mass is 14.6. The SMILES string of the molecule is CCCCC(N)CCc1ccc(-c2ccccc2)cc1. The van der Waals surface area contributed by atoms with Crippen molar-refractivity contribution in [2.45, 2.75) is 45.1 Å². The number of unbranched alkanes of at least 4 members (excludes halogenated alkanes) is 1. The number of hydrogen-bond donors (Lipinski definition) is 1. The van der Waals surface area contributed by atoms with Crippen LogP contribution in [-0.4, -0.2) is 6.04 Å². The minimum Gasteiger partial charge on any atom is -0.328 e. The van der Waals surface area contributed by atoms with Gasteiger partial charge in [-0.3, -0.25) is 0 Å². The van der Waals surface area contributed by atoms with Crippen molar-refractivity contribution in [2.75, 3.05) is 0 Å². The summed E-state index contributed by atoms with van der Waals surface area (Å²) in [5, 5.41) is 0. The fourth-order valence-corrected chi connectivity index (χ4v) is 2.46. The smallest absolute Gasteiger partial charge is 0.00419 e. The summed E-state index contributed by atoms with van der Waals surface area (Å²) >= 11 is 0. The minimum absolute atomic E-state index is 0.351. The zero-order valence-electron chi connectivity index (χ0n) is 12.4. The van der Waals surface area contributed by atoms with Crippen molar-refractivity contribution in [2.24, 2.45) is 5.73 Å². The molecule has 1 unspecified atom stereocenters. The second kappa shape index (κ2) is 7.86. The van der Waals surface area contributed by atoms with Crippen LogP contribution in [0, 0.1) is 0 Å². The lowest BCUT2D eigenvalue weighted by molar-refractivity contribution is 0.541. The van der Waals surface area contributed by atoms with Gasteiger partial charge < -0.3 is 5.73 Å². The molecule has 106 valence electrons. The summed E-state index contributed by atoms with van der Waals surface area (Å²) in [5.74, 6) is 0. The molecule has 0 aliphatic rings. The average Bonchev–Trinajstić information content (AvgIpc) is 2.52. The van der Waals surface area contributed by atoms with Gasteiger partial charge in [0, 0.05) is 6.04 Å². The molecule has 2 N–H and O–H groups in total. The molecule has 2 rings (SSSR count). The van der Waals surface area contributed by atoms with Crippen LogP contribution in [-0.2, 0) is 6.42 Å². The van der Waals surface area contributed by atoms with Crippen molar-refractivity contribution in [3.8, 4) is 11.1 Å². The lowest BCUT2D eigenvalue weighted by Crippen LogP contribution is -2.20. The Balaban J connectivity index is 1.89. The first kappa shape index (κ1) is 14.8. The number of aryl methyl sites for hydroxylation is 1. The molecule has 1 heteroatoms. The Morgan fingerprint density at radius 3 is 2.15 bits per heavy atom. The van der Waals surface area contributed by atoms with Crippen molar-refractivity contribution < 1.29 is 0 Å². The fraction of sp³-hybridized carbons (Fsp3) is 0.368. The molecule has 2 aromatic rings. The van der Waals surface area contributed by atoms with Crippen molar-refractivity contribution in [3.63, 3.8) is 0 Å². The lowest BCUT2D eigenvalue weighted by Gasteiger charge is -2.11. The summed E-state index contributed by atoms with van der Waals surface area (Å²) in [5.41, 5.74) is 10.1. The van der Waals surface area contributed by atoms with E-state index in [2.05, 4.69) is 61.5 Å². The quantitative estimate of drug-likeness (QED) is 0.766. The second-order valence-corrected chi connectivity index (χ2v) is 5.50. The van der Waals surface area contributed by atoms with Gasteiger partial charge in [-0.1, -0.05) is 74.4 Å². The first-order valence-corrected chi connectivity index (χ1v) is 7.69. The number of hydrogen-bond acceptors (Lipinski definition) is 1. The highest BCUT2D eigenvalue weighted by Crippen LogP contribution is 2.20. The Kier molecular flexibility index (Phi) is 5.82. The average molecular weight is 267 g/mol. The molecule has 1 nitrogen and oxygen atoms in total. The third-order valence-corrected chi connectivity index (χ3v) is 3.79. The van der Waals surface area contributed by atoms with Gasteiger partial charge in [0.05, 0.1) is 0 Å². The van der Waals surface area contributed by atoms with Crippen LogP contribution in [0.2, 0.25) is 0 Å². The molecule has 0 radical (unpaired) electrons. The highest BCUT2D eigenvalue weighted by Gasteiger charge is 2.03. The van der Waals surface area contributed by atoms with Gasteiger partial charge in [-0.05, 0) is 36.0 Å². The third-order valence-electron chi connectivity index (χ3n) is 3.79.